The first-order valence-electron chi connectivity index (χ1n) is 11.3. The van der Waals surface area contributed by atoms with Crippen LogP contribution in [0.1, 0.15) is 26.5 Å². The van der Waals surface area contributed by atoms with Crippen LogP contribution in [0.25, 0.3) is 21.1 Å². The van der Waals surface area contributed by atoms with Gasteiger partial charge in [0.2, 0.25) is 0 Å². The number of carbonyl (C=O) groups excluding carboxylic acids is 1. The molecule has 0 radical (unpaired) electrons. The molecular formula is C27H23N5OS. The number of nitrogens with one attached hydrogen (secondary N) is 1. The zero-order chi connectivity index (χ0) is 23.1. The molecular weight excluding hydrogens is 442 g/mol. The quantitative estimate of drug-likeness (QED) is 0.379. The fourth-order valence-corrected chi connectivity index (χ4v) is 5.58. The lowest BCUT2D eigenvalue weighted by Crippen LogP contribution is -2.30. The zero-order valence-corrected chi connectivity index (χ0v) is 19.3. The van der Waals surface area contributed by atoms with Gasteiger partial charge in [0.1, 0.15) is 9.71 Å². The summed E-state index contributed by atoms with van der Waals surface area (Å²) >= 11 is 1.36. The van der Waals surface area contributed by atoms with Crippen molar-refractivity contribution in [2.24, 2.45) is 0 Å². The normalized spacial score (nSPS) is 13.8. The number of hydrogen-bond acceptors (Lipinski definition) is 6. The van der Waals surface area contributed by atoms with Gasteiger partial charge in [0.15, 0.2) is 0 Å². The molecule has 0 spiro atoms. The molecule has 0 saturated carbocycles. The second kappa shape index (κ2) is 8.52. The number of nitrogens with two attached hydrogens (primary N) is 1. The highest BCUT2D eigenvalue weighted by Gasteiger charge is 2.23. The Labute approximate surface area is 201 Å². The third-order valence-electron chi connectivity index (χ3n) is 6.30. The summed E-state index contributed by atoms with van der Waals surface area (Å²) < 4.78 is 0. The van der Waals surface area contributed by atoms with E-state index in [9.17, 15) is 4.79 Å². The SMILES string of the molecule is Nc1c(C(=O)Nc2ccnc3ccccc23)sc2nc3c(cc12)CN(Cc1ccccc1)CC3. The second-order valence-corrected chi connectivity index (χ2v) is 9.57. The van der Waals surface area contributed by atoms with E-state index in [0.717, 1.165) is 58.6 Å². The molecule has 6 nitrogen and oxygen atoms in total. The molecule has 1 aliphatic rings. The standard InChI is InChI=1S/C27H23N5OS/c28-24-20-14-18-16-32(15-17-6-2-1-3-7-17)13-11-21(18)31-27(20)34-25(24)26(33)30-23-10-12-29-22-9-5-4-8-19(22)23/h1-10,12,14H,11,13,15-16,28H2,(H,29,30,33). The molecule has 1 aliphatic heterocycles. The third kappa shape index (κ3) is 3.79. The van der Waals surface area contributed by atoms with Gasteiger partial charge in [-0.2, -0.15) is 0 Å². The summed E-state index contributed by atoms with van der Waals surface area (Å²) in [4.78, 5) is 26.2. The highest BCUT2D eigenvalue weighted by Crippen LogP contribution is 2.36. The number of rotatable bonds is 4. The molecule has 0 saturated heterocycles. The number of carbonyl (C=O) groups is 1. The minimum absolute atomic E-state index is 0.222. The first-order chi connectivity index (χ1) is 16.7. The Morgan fingerprint density at radius 3 is 2.76 bits per heavy atom. The molecule has 7 heteroatoms. The summed E-state index contributed by atoms with van der Waals surface area (Å²) in [6.07, 6.45) is 2.59. The number of hydrogen-bond donors (Lipinski definition) is 2. The van der Waals surface area contributed by atoms with Crippen molar-refractivity contribution in [3.63, 3.8) is 0 Å². The third-order valence-corrected chi connectivity index (χ3v) is 7.41. The number of anilines is 2. The molecule has 34 heavy (non-hydrogen) atoms. The van der Waals surface area contributed by atoms with Gasteiger partial charge in [-0.25, -0.2) is 4.98 Å². The van der Waals surface area contributed by atoms with E-state index >= 15 is 0 Å². The smallest absolute Gasteiger partial charge is 0.267 e. The first kappa shape index (κ1) is 20.8. The summed E-state index contributed by atoms with van der Waals surface area (Å²) in [5, 5.41) is 4.77. The molecule has 6 rings (SSSR count). The van der Waals surface area contributed by atoms with Crippen LogP contribution >= 0.6 is 11.3 Å². The molecule has 1 amide bonds. The van der Waals surface area contributed by atoms with Crippen molar-refractivity contribution in [3.8, 4) is 0 Å². The van der Waals surface area contributed by atoms with Crippen LogP contribution in [0.15, 0.2) is 72.9 Å². The lowest BCUT2D eigenvalue weighted by molar-refractivity contribution is 0.103. The Hall–Kier alpha value is -3.81. The van der Waals surface area contributed by atoms with Crippen molar-refractivity contribution in [2.75, 3.05) is 17.6 Å². The minimum atomic E-state index is -0.222. The van der Waals surface area contributed by atoms with Crippen molar-refractivity contribution in [1.29, 1.82) is 0 Å². The Morgan fingerprint density at radius 2 is 1.88 bits per heavy atom. The van der Waals surface area contributed by atoms with Gasteiger partial charge in [0.05, 0.1) is 16.9 Å². The van der Waals surface area contributed by atoms with Crippen LogP contribution in [0.3, 0.4) is 0 Å². The van der Waals surface area contributed by atoms with Gasteiger partial charge in [-0.1, -0.05) is 48.5 Å². The molecule has 3 aromatic heterocycles. The van der Waals surface area contributed by atoms with E-state index in [2.05, 4.69) is 45.5 Å². The largest absolute Gasteiger partial charge is 0.397 e. The monoisotopic (exact) mass is 465 g/mol. The van der Waals surface area contributed by atoms with E-state index in [1.54, 1.807) is 6.20 Å². The first-order valence-corrected chi connectivity index (χ1v) is 12.1. The van der Waals surface area contributed by atoms with Crippen LogP contribution in [-0.4, -0.2) is 27.3 Å². The van der Waals surface area contributed by atoms with Crippen LogP contribution in [0, 0.1) is 0 Å². The van der Waals surface area contributed by atoms with E-state index < -0.39 is 0 Å². The van der Waals surface area contributed by atoms with Gasteiger partial charge in [-0.15, -0.1) is 11.3 Å². The lowest BCUT2D eigenvalue weighted by Gasteiger charge is -2.28. The van der Waals surface area contributed by atoms with Crippen LogP contribution in [-0.2, 0) is 19.5 Å². The van der Waals surface area contributed by atoms with Crippen molar-refractivity contribution in [3.05, 3.63) is 94.6 Å². The van der Waals surface area contributed by atoms with Gasteiger partial charge in [0, 0.05) is 48.7 Å². The van der Waals surface area contributed by atoms with E-state index in [1.807, 2.05) is 36.4 Å². The summed E-state index contributed by atoms with van der Waals surface area (Å²) in [5.41, 5.74) is 12.1. The highest BCUT2D eigenvalue weighted by atomic mass is 32.1. The molecule has 0 unspecified atom stereocenters. The summed E-state index contributed by atoms with van der Waals surface area (Å²) in [6, 6.07) is 22.2. The maximum atomic E-state index is 13.2. The maximum absolute atomic E-state index is 13.2. The second-order valence-electron chi connectivity index (χ2n) is 8.57. The van der Waals surface area contributed by atoms with E-state index in [1.165, 1.54) is 22.5 Å². The van der Waals surface area contributed by atoms with Crippen molar-refractivity contribution < 1.29 is 4.79 Å². The Bertz CT molecular complexity index is 1520. The van der Waals surface area contributed by atoms with Gasteiger partial charge >= 0.3 is 0 Å². The predicted molar refractivity (Wildman–Crippen MR) is 138 cm³/mol. The average Bonchev–Trinajstić information content (AvgIpc) is 3.19. The summed E-state index contributed by atoms with van der Waals surface area (Å²) in [6.45, 7) is 2.70. The number of pyridine rings is 2. The molecule has 0 aliphatic carbocycles. The van der Waals surface area contributed by atoms with E-state index in [-0.39, 0.29) is 5.91 Å². The Balaban J connectivity index is 1.28. The number of aromatic nitrogens is 2. The van der Waals surface area contributed by atoms with Gasteiger partial charge < -0.3 is 11.1 Å². The highest BCUT2D eigenvalue weighted by molar-refractivity contribution is 7.21. The number of thiophene rings is 1. The van der Waals surface area contributed by atoms with Crippen LogP contribution in [0.4, 0.5) is 11.4 Å². The minimum Gasteiger partial charge on any atom is -0.397 e. The lowest BCUT2D eigenvalue weighted by atomic mass is 10.0. The molecule has 0 bridgehead atoms. The predicted octanol–water partition coefficient (Wildman–Crippen LogP) is 5.24. The summed E-state index contributed by atoms with van der Waals surface area (Å²) in [7, 11) is 0. The summed E-state index contributed by atoms with van der Waals surface area (Å²) in [5.74, 6) is -0.222. The van der Waals surface area contributed by atoms with Gasteiger partial charge in [-0.05, 0) is 29.3 Å². The molecule has 0 atom stereocenters. The molecule has 4 heterocycles. The zero-order valence-electron chi connectivity index (χ0n) is 18.5. The fourth-order valence-electron chi connectivity index (χ4n) is 4.59. The van der Waals surface area contributed by atoms with Crippen LogP contribution in [0.2, 0.25) is 0 Å². The number of nitrogen functional groups attached to an aromatic ring is 1. The molecule has 168 valence electrons. The number of fused-ring (bicyclic) bond motifs is 3. The van der Waals surface area contributed by atoms with Crippen molar-refractivity contribution in [1.82, 2.24) is 14.9 Å². The maximum Gasteiger partial charge on any atom is 0.267 e. The van der Waals surface area contributed by atoms with Crippen molar-refractivity contribution >= 4 is 49.7 Å². The van der Waals surface area contributed by atoms with E-state index in [4.69, 9.17) is 10.7 Å². The van der Waals surface area contributed by atoms with Gasteiger partial charge in [-0.3, -0.25) is 14.7 Å². The fraction of sp³-hybridized carbons (Fsp3) is 0.148. The van der Waals surface area contributed by atoms with Crippen LogP contribution < -0.4 is 11.1 Å². The molecule has 5 aromatic rings. The number of nitrogens with zero attached hydrogens (tertiary/aromatic N) is 3. The van der Waals surface area contributed by atoms with Gasteiger partial charge in [0.25, 0.3) is 5.91 Å². The van der Waals surface area contributed by atoms with Crippen molar-refractivity contribution in [2.45, 2.75) is 19.5 Å². The molecule has 2 aromatic carbocycles. The van der Waals surface area contributed by atoms with E-state index in [0.29, 0.717) is 10.6 Å². The topological polar surface area (TPSA) is 84.1 Å². The number of amides is 1. The Morgan fingerprint density at radius 1 is 1.06 bits per heavy atom. The average molecular weight is 466 g/mol. The number of para-hydroxylation sites is 1. The molecule has 3 N–H and O–H groups in total. The number of benzene rings is 2. The van der Waals surface area contributed by atoms with Crippen LogP contribution in [0.5, 0.6) is 0 Å². The Kier molecular flexibility index (Phi) is 5.20. The molecule has 0 fully saturated rings.